The quantitative estimate of drug-likeness (QED) is 0.740. The smallest absolute Gasteiger partial charge is 0.262 e. The number of rotatable bonds is 4. The Hall–Kier alpha value is -1.82. The zero-order chi connectivity index (χ0) is 19.8. The molecule has 0 atom stereocenters. The SMILES string of the molecule is Cc1cc(F)ccc1S(=O)(=O)N1CCCN(S(=O)(=O)c2cn(C)cn2)CC1. The van der Waals surface area contributed by atoms with Gasteiger partial charge in [-0.15, -0.1) is 0 Å². The van der Waals surface area contributed by atoms with Gasteiger partial charge < -0.3 is 4.57 Å². The molecule has 0 aliphatic carbocycles. The van der Waals surface area contributed by atoms with Crippen LogP contribution in [0.4, 0.5) is 4.39 Å². The average Bonchev–Trinajstić information content (AvgIpc) is 2.87. The fourth-order valence-corrected chi connectivity index (χ4v) is 6.16. The minimum atomic E-state index is -3.84. The van der Waals surface area contributed by atoms with E-state index >= 15 is 0 Å². The van der Waals surface area contributed by atoms with E-state index in [4.69, 9.17) is 0 Å². The predicted molar refractivity (Wildman–Crippen MR) is 96.5 cm³/mol. The highest BCUT2D eigenvalue weighted by Crippen LogP contribution is 2.23. The van der Waals surface area contributed by atoms with Crippen molar-refractivity contribution < 1.29 is 21.2 Å². The Morgan fingerprint density at radius 1 is 1.00 bits per heavy atom. The van der Waals surface area contributed by atoms with Gasteiger partial charge in [0.25, 0.3) is 10.0 Å². The molecular formula is C16H21FN4O4S2. The number of hydrogen-bond acceptors (Lipinski definition) is 5. The molecule has 0 unspecified atom stereocenters. The molecular weight excluding hydrogens is 395 g/mol. The molecule has 8 nitrogen and oxygen atoms in total. The van der Waals surface area contributed by atoms with E-state index in [9.17, 15) is 21.2 Å². The maximum absolute atomic E-state index is 13.3. The summed E-state index contributed by atoms with van der Waals surface area (Å²) in [4.78, 5) is 3.93. The number of aryl methyl sites for hydroxylation is 2. The molecule has 0 radical (unpaired) electrons. The van der Waals surface area contributed by atoms with E-state index in [1.54, 1.807) is 11.6 Å². The standard InChI is InChI=1S/C16H21FN4O4S2/c1-13-10-14(17)4-5-15(13)26(22,23)20-6-3-7-21(9-8-20)27(24,25)16-11-19(2)12-18-16/h4-5,10-12H,3,6-9H2,1-2H3. The first-order valence-corrected chi connectivity index (χ1v) is 11.2. The van der Waals surface area contributed by atoms with Gasteiger partial charge in [-0.3, -0.25) is 0 Å². The lowest BCUT2D eigenvalue weighted by Crippen LogP contribution is -2.37. The molecule has 11 heteroatoms. The molecule has 1 aromatic heterocycles. The van der Waals surface area contributed by atoms with Gasteiger partial charge in [-0.1, -0.05) is 0 Å². The maximum atomic E-state index is 13.3. The summed E-state index contributed by atoms with van der Waals surface area (Å²) in [6, 6.07) is 3.52. The van der Waals surface area contributed by atoms with Crippen LogP contribution in [0.1, 0.15) is 12.0 Å². The highest BCUT2D eigenvalue weighted by atomic mass is 32.2. The van der Waals surface area contributed by atoms with Gasteiger partial charge in [0.15, 0.2) is 5.03 Å². The zero-order valence-corrected chi connectivity index (χ0v) is 16.7. The number of aromatic nitrogens is 2. The number of benzene rings is 1. The molecule has 0 N–H and O–H groups in total. The summed E-state index contributed by atoms with van der Waals surface area (Å²) < 4.78 is 68.6. The third-order valence-electron chi connectivity index (χ3n) is 4.45. The zero-order valence-electron chi connectivity index (χ0n) is 15.0. The molecule has 148 valence electrons. The second-order valence-corrected chi connectivity index (χ2v) is 10.2. The monoisotopic (exact) mass is 416 g/mol. The topological polar surface area (TPSA) is 92.6 Å². The van der Waals surface area contributed by atoms with Crippen LogP contribution in [0.2, 0.25) is 0 Å². The second-order valence-electron chi connectivity index (χ2n) is 6.45. The van der Waals surface area contributed by atoms with Crippen LogP contribution in [0.25, 0.3) is 0 Å². The number of halogens is 1. The lowest BCUT2D eigenvalue weighted by atomic mass is 10.2. The van der Waals surface area contributed by atoms with Crippen molar-refractivity contribution in [3.63, 3.8) is 0 Å². The fourth-order valence-electron chi connectivity index (χ4n) is 3.05. The van der Waals surface area contributed by atoms with Gasteiger partial charge in [-0.25, -0.2) is 26.2 Å². The highest BCUT2D eigenvalue weighted by Gasteiger charge is 2.33. The Kier molecular flexibility index (Phi) is 5.39. The highest BCUT2D eigenvalue weighted by molar-refractivity contribution is 7.89. The van der Waals surface area contributed by atoms with E-state index in [-0.39, 0.29) is 36.1 Å². The number of hydrogen-bond donors (Lipinski definition) is 0. The van der Waals surface area contributed by atoms with Crippen molar-refractivity contribution >= 4 is 20.0 Å². The van der Waals surface area contributed by atoms with Gasteiger partial charge in [0.2, 0.25) is 10.0 Å². The molecule has 0 bridgehead atoms. The second kappa shape index (κ2) is 7.30. The lowest BCUT2D eigenvalue weighted by Gasteiger charge is -2.22. The van der Waals surface area contributed by atoms with Crippen molar-refractivity contribution in [3.05, 3.63) is 42.1 Å². The molecule has 1 aliphatic rings. The van der Waals surface area contributed by atoms with Crippen molar-refractivity contribution in [2.75, 3.05) is 26.2 Å². The largest absolute Gasteiger partial charge is 0.339 e. The molecule has 0 saturated carbocycles. The molecule has 27 heavy (non-hydrogen) atoms. The molecule has 1 saturated heterocycles. The summed E-state index contributed by atoms with van der Waals surface area (Å²) in [6.07, 6.45) is 3.17. The molecule has 2 heterocycles. The molecule has 3 rings (SSSR count). The van der Waals surface area contributed by atoms with E-state index in [0.29, 0.717) is 12.0 Å². The van der Waals surface area contributed by atoms with E-state index in [0.717, 1.165) is 6.07 Å². The third-order valence-corrected chi connectivity index (χ3v) is 8.30. The minimum absolute atomic E-state index is 0.0191. The van der Waals surface area contributed by atoms with E-state index in [1.165, 1.54) is 40.2 Å². The summed E-state index contributed by atoms with van der Waals surface area (Å²) >= 11 is 0. The Morgan fingerprint density at radius 3 is 2.19 bits per heavy atom. The van der Waals surface area contributed by atoms with E-state index in [2.05, 4.69) is 4.98 Å². The minimum Gasteiger partial charge on any atom is -0.339 e. The van der Waals surface area contributed by atoms with Gasteiger partial charge >= 0.3 is 0 Å². The summed E-state index contributed by atoms with van der Waals surface area (Å²) in [7, 11) is -5.94. The Balaban J connectivity index is 1.82. The first kappa shape index (κ1) is 19.9. The van der Waals surface area contributed by atoms with Crippen molar-refractivity contribution in [1.82, 2.24) is 18.2 Å². The Bertz CT molecular complexity index is 1050. The van der Waals surface area contributed by atoms with Crippen molar-refractivity contribution in [2.45, 2.75) is 23.3 Å². The number of sulfonamides is 2. The van der Waals surface area contributed by atoms with Gasteiger partial charge in [-0.05, 0) is 37.1 Å². The van der Waals surface area contributed by atoms with Crippen LogP contribution in [0, 0.1) is 12.7 Å². The van der Waals surface area contributed by atoms with Crippen molar-refractivity contribution in [3.8, 4) is 0 Å². The van der Waals surface area contributed by atoms with Gasteiger partial charge in [0, 0.05) is 39.4 Å². The van der Waals surface area contributed by atoms with Crippen LogP contribution in [-0.2, 0) is 27.1 Å². The average molecular weight is 417 g/mol. The normalized spacial score (nSPS) is 17.7. The Morgan fingerprint density at radius 2 is 1.63 bits per heavy atom. The van der Waals surface area contributed by atoms with Gasteiger partial charge in [0.05, 0.1) is 11.2 Å². The summed E-state index contributed by atoms with van der Waals surface area (Å²) in [6.45, 7) is 1.97. The van der Waals surface area contributed by atoms with Crippen LogP contribution in [0.3, 0.4) is 0 Å². The fraction of sp³-hybridized carbons (Fsp3) is 0.438. The molecule has 1 aliphatic heterocycles. The lowest BCUT2D eigenvalue weighted by molar-refractivity contribution is 0.403. The van der Waals surface area contributed by atoms with Gasteiger partial charge in [0.1, 0.15) is 5.82 Å². The van der Waals surface area contributed by atoms with Crippen LogP contribution in [-0.4, -0.2) is 61.2 Å². The molecule has 0 spiro atoms. The van der Waals surface area contributed by atoms with Gasteiger partial charge in [-0.2, -0.15) is 8.61 Å². The molecule has 1 aromatic carbocycles. The number of nitrogens with zero attached hydrogens (tertiary/aromatic N) is 4. The summed E-state index contributed by atoms with van der Waals surface area (Å²) in [5.41, 5.74) is 0.317. The van der Waals surface area contributed by atoms with Crippen molar-refractivity contribution in [2.24, 2.45) is 7.05 Å². The third kappa shape index (κ3) is 3.91. The van der Waals surface area contributed by atoms with E-state index in [1.807, 2.05) is 0 Å². The molecule has 1 fully saturated rings. The number of imidazole rings is 1. The molecule has 0 amide bonds. The Labute approximate surface area is 158 Å². The van der Waals surface area contributed by atoms with Crippen LogP contribution >= 0.6 is 0 Å². The predicted octanol–water partition coefficient (Wildman–Crippen LogP) is 0.953. The van der Waals surface area contributed by atoms with E-state index < -0.39 is 25.9 Å². The summed E-state index contributed by atoms with van der Waals surface area (Å²) in [5, 5.41) is -0.0595. The van der Waals surface area contributed by atoms with Crippen molar-refractivity contribution in [1.29, 1.82) is 0 Å². The first-order valence-electron chi connectivity index (χ1n) is 8.37. The maximum Gasteiger partial charge on any atom is 0.262 e. The van der Waals surface area contributed by atoms with Crippen LogP contribution < -0.4 is 0 Å². The molecule has 2 aromatic rings. The first-order chi connectivity index (χ1) is 12.6. The van der Waals surface area contributed by atoms with Crippen LogP contribution in [0.5, 0.6) is 0 Å². The summed E-state index contributed by atoms with van der Waals surface area (Å²) in [5.74, 6) is -0.505. The van der Waals surface area contributed by atoms with Crippen LogP contribution in [0.15, 0.2) is 40.6 Å².